The lowest BCUT2D eigenvalue weighted by molar-refractivity contribution is -0.159. The van der Waals surface area contributed by atoms with Crippen molar-refractivity contribution in [2.24, 2.45) is 0 Å². The van der Waals surface area contributed by atoms with E-state index in [4.69, 9.17) is 14.3 Å². The standard InChI is InChI=1S/C17H23NO6/c1-10-9-23-12(8-13(19)20)14(10)15(21)18-7-5-6-11(18)16(22)24-17(2,3)4/h9,11H,5-8H2,1-4H3,(H,19,20)/t11-/m0/s1. The van der Waals surface area contributed by atoms with E-state index in [9.17, 15) is 14.4 Å². The third-order valence-corrected chi connectivity index (χ3v) is 3.77. The summed E-state index contributed by atoms with van der Waals surface area (Å²) in [7, 11) is 0. The van der Waals surface area contributed by atoms with Crippen molar-refractivity contribution < 1.29 is 28.6 Å². The van der Waals surface area contributed by atoms with E-state index in [0.29, 0.717) is 24.9 Å². The molecular formula is C17H23NO6. The van der Waals surface area contributed by atoms with E-state index in [0.717, 1.165) is 0 Å². The van der Waals surface area contributed by atoms with Crippen LogP contribution in [-0.4, -0.2) is 46.0 Å². The van der Waals surface area contributed by atoms with Crippen LogP contribution in [0.1, 0.15) is 55.3 Å². The SMILES string of the molecule is Cc1coc(CC(=O)O)c1C(=O)N1CCC[C@H]1C(=O)OC(C)(C)C. The number of nitrogens with zero attached hydrogens (tertiary/aromatic N) is 1. The van der Waals surface area contributed by atoms with E-state index >= 15 is 0 Å². The number of likely N-dealkylation sites (tertiary alicyclic amines) is 1. The lowest BCUT2D eigenvalue weighted by Gasteiger charge is -2.27. The number of amides is 1. The van der Waals surface area contributed by atoms with Gasteiger partial charge in [0.05, 0.1) is 11.8 Å². The Kier molecular flexibility index (Phi) is 5.01. The third-order valence-electron chi connectivity index (χ3n) is 3.77. The van der Waals surface area contributed by atoms with Gasteiger partial charge >= 0.3 is 11.9 Å². The number of hydrogen-bond acceptors (Lipinski definition) is 5. The highest BCUT2D eigenvalue weighted by molar-refractivity contribution is 5.99. The van der Waals surface area contributed by atoms with Crippen molar-refractivity contribution in [2.45, 2.75) is 58.6 Å². The van der Waals surface area contributed by atoms with E-state index in [1.165, 1.54) is 11.2 Å². The molecule has 0 saturated carbocycles. The highest BCUT2D eigenvalue weighted by atomic mass is 16.6. The highest BCUT2D eigenvalue weighted by Crippen LogP contribution is 2.26. The van der Waals surface area contributed by atoms with Crippen molar-refractivity contribution in [3.63, 3.8) is 0 Å². The van der Waals surface area contributed by atoms with Crippen LogP contribution in [0, 0.1) is 6.92 Å². The van der Waals surface area contributed by atoms with E-state index in [-0.39, 0.29) is 23.7 Å². The van der Waals surface area contributed by atoms with E-state index in [1.54, 1.807) is 27.7 Å². The lowest BCUT2D eigenvalue weighted by Crippen LogP contribution is -2.43. The van der Waals surface area contributed by atoms with Crippen LogP contribution in [0.15, 0.2) is 10.7 Å². The minimum absolute atomic E-state index is 0.111. The molecule has 1 aromatic rings. The molecule has 2 heterocycles. The molecule has 1 atom stereocenters. The molecule has 0 aromatic carbocycles. The maximum Gasteiger partial charge on any atom is 0.329 e. The molecule has 1 aliphatic heterocycles. The molecule has 1 saturated heterocycles. The molecular weight excluding hydrogens is 314 g/mol. The van der Waals surface area contributed by atoms with Gasteiger partial charge in [0, 0.05) is 12.1 Å². The Morgan fingerprint density at radius 3 is 2.62 bits per heavy atom. The lowest BCUT2D eigenvalue weighted by atomic mass is 10.1. The number of carboxylic acids is 1. The zero-order valence-corrected chi connectivity index (χ0v) is 14.4. The zero-order chi connectivity index (χ0) is 18.1. The van der Waals surface area contributed by atoms with Gasteiger partial charge in [-0.05, 0) is 40.5 Å². The quantitative estimate of drug-likeness (QED) is 0.846. The Hall–Kier alpha value is -2.31. The molecule has 0 spiro atoms. The summed E-state index contributed by atoms with van der Waals surface area (Å²) >= 11 is 0. The van der Waals surface area contributed by atoms with Gasteiger partial charge in [-0.15, -0.1) is 0 Å². The Morgan fingerprint density at radius 2 is 2.04 bits per heavy atom. The highest BCUT2D eigenvalue weighted by Gasteiger charge is 2.39. The largest absolute Gasteiger partial charge is 0.481 e. The third kappa shape index (κ3) is 3.96. The minimum Gasteiger partial charge on any atom is -0.481 e. The summed E-state index contributed by atoms with van der Waals surface area (Å²) in [6.45, 7) is 7.44. The molecule has 1 aliphatic rings. The van der Waals surface area contributed by atoms with E-state index < -0.39 is 23.6 Å². The number of ether oxygens (including phenoxy) is 1. The predicted octanol–water partition coefficient (Wildman–Crippen LogP) is 2.16. The fraction of sp³-hybridized carbons (Fsp3) is 0.588. The van der Waals surface area contributed by atoms with Gasteiger partial charge in [0.1, 0.15) is 23.8 Å². The summed E-state index contributed by atoms with van der Waals surface area (Å²) in [5.41, 5.74) is 0.160. The number of carbonyl (C=O) groups excluding carboxylic acids is 2. The van der Waals surface area contributed by atoms with Crippen LogP contribution < -0.4 is 0 Å². The molecule has 7 nitrogen and oxygen atoms in total. The normalized spacial score (nSPS) is 17.8. The molecule has 1 fully saturated rings. The average Bonchev–Trinajstić information content (AvgIpc) is 3.03. The van der Waals surface area contributed by atoms with Gasteiger partial charge in [0.15, 0.2) is 0 Å². The van der Waals surface area contributed by atoms with Crippen molar-refractivity contribution in [1.29, 1.82) is 0 Å². The molecule has 2 rings (SSSR count). The molecule has 1 amide bonds. The summed E-state index contributed by atoms with van der Waals surface area (Å²) in [4.78, 5) is 37.6. The van der Waals surface area contributed by atoms with Gasteiger partial charge in [0.2, 0.25) is 0 Å². The maximum absolute atomic E-state index is 12.9. The first-order valence-corrected chi connectivity index (χ1v) is 7.92. The van der Waals surface area contributed by atoms with Crippen molar-refractivity contribution in [2.75, 3.05) is 6.54 Å². The van der Waals surface area contributed by atoms with Crippen LogP contribution in [-0.2, 0) is 20.7 Å². The van der Waals surface area contributed by atoms with Crippen LogP contribution in [0.25, 0.3) is 0 Å². The fourth-order valence-corrected chi connectivity index (χ4v) is 2.82. The first-order valence-electron chi connectivity index (χ1n) is 7.92. The Balaban J connectivity index is 2.24. The molecule has 1 N–H and O–H groups in total. The second-order valence-electron chi connectivity index (χ2n) is 6.98. The van der Waals surface area contributed by atoms with Crippen LogP contribution in [0.4, 0.5) is 0 Å². The van der Waals surface area contributed by atoms with Crippen molar-refractivity contribution in [1.82, 2.24) is 4.90 Å². The van der Waals surface area contributed by atoms with Crippen molar-refractivity contribution in [3.05, 3.63) is 23.2 Å². The Morgan fingerprint density at radius 1 is 1.38 bits per heavy atom. The zero-order valence-electron chi connectivity index (χ0n) is 14.4. The number of carboxylic acid groups (broad SMARTS) is 1. The second kappa shape index (κ2) is 6.67. The van der Waals surface area contributed by atoms with Crippen LogP contribution in [0.2, 0.25) is 0 Å². The molecule has 0 aliphatic carbocycles. The van der Waals surface area contributed by atoms with Gasteiger partial charge in [-0.3, -0.25) is 9.59 Å². The van der Waals surface area contributed by atoms with Gasteiger partial charge < -0.3 is 19.2 Å². The maximum atomic E-state index is 12.9. The van der Waals surface area contributed by atoms with Crippen LogP contribution in [0.3, 0.4) is 0 Å². The molecule has 1 aromatic heterocycles. The smallest absolute Gasteiger partial charge is 0.329 e. The van der Waals surface area contributed by atoms with Gasteiger partial charge in [0.25, 0.3) is 5.91 Å². The minimum atomic E-state index is -1.08. The average molecular weight is 337 g/mol. The van der Waals surface area contributed by atoms with Crippen molar-refractivity contribution >= 4 is 17.8 Å². The van der Waals surface area contributed by atoms with Crippen LogP contribution in [0.5, 0.6) is 0 Å². The van der Waals surface area contributed by atoms with Crippen molar-refractivity contribution in [3.8, 4) is 0 Å². The van der Waals surface area contributed by atoms with E-state index in [2.05, 4.69) is 0 Å². The Bertz CT molecular complexity index is 655. The van der Waals surface area contributed by atoms with Gasteiger partial charge in [-0.25, -0.2) is 4.79 Å². The topological polar surface area (TPSA) is 97.0 Å². The summed E-state index contributed by atoms with van der Waals surface area (Å²) in [6, 6.07) is -0.649. The second-order valence-corrected chi connectivity index (χ2v) is 6.98. The van der Waals surface area contributed by atoms with Gasteiger partial charge in [-0.1, -0.05) is 0 Å². The number of rotatable bonds is 4. The number of carbonyl (C=O) groups is 3. The number of esters is 1. The first-order chi connectivity index (χ1) is 11.1. The van der Waals surface area contributed by atoms with E-state index in [1.807, 2.05) is 0 Å². The first kappa shape index (κ1) is 18.0. The molecule has 24 heavy (non-hydrogen) atoms. The molecule has 132 valence electrons. The fourth-order valence-electron chi connectivity index (χ4n) is 2.82. The molecule has 0 radical (unpaired) electrons. The monoisotopic (exact) mass is 337 g/mol. The Labute approximate surface area is 140 Å². The summed E-state index contributed by atoms with van der Waals surface area (Å²) < 4.78 is 10.6. The summed E-state index contributed by atoms with van der Waals surface area (Å²) in [5, 5.41) is 8.96. The molecule has 0 unspecified atom stereocenters. The predicted molar refractivity (Wildman–Crippen MR) is 84.7 cm³/mol. The van der Waals surface area contributed by atoms with Crippen LogP contribution >= 0.6 is 0 Å². The number of hydrogen-bond donors (Lipinski definition) is 1. The summed E-state index contributed by atoms with van der Waals surface area (Å²) in [6.07, 6.45) is 2.22. The number of furan rings is 1. The molecule has 0 bridgehead atoms. The molecule has 7 heteroatoms. The van der Waals surface area contributed by atoms with Gasteiger partial charge in [-0.2, -0.15) is 0 Å². The number of aryl methyl sites for hydroxylation is 1. The number of aliphatic carboxylic acids is 1. The summed E-state index contributed by atoms with van der Waals surface area (Å²) in [5.74, 6) is -1.79.